The molecule has 4 atom stereocenters. The first-order chi connectivity index (χ1) is 19.4. The van der Waals surface area contributed by atoms with Crippen molar-refractivity contribution in [2.45, 2.75) is 56.3 Å². The first-order valence-corrected chi connectivity index (χ1v) is 13.4. The van der Waals surface area contributed by atoms with Gasteiger partial charge in [-0.15, -0.1) is 0 Å². The summed E-state index contributed by atoms with van der Waals surface area (Å²) in [7, 11) is 0. The van der Waals surface area contributed by atoms with Gasteiger partial charge in [-0.2, -0.15) is 12.6 Å². The van der Waals surface area contributed by atoms with Gasteiger partial charge >= 0.3 is 11.9 Å². The number of hydrogen-bond acceptors (Lipinski definition) is 8. The molecule has 1 heterocycles. The lowest BCUT2D eigenvalue weighted by molar-refractivity contribution is -0.142. The van der Waals surface area contributed by atoms with Crippen molar-refractivity contribution in [3.8, 4) is 0 Å². The summed E-state index contributed by atoms with van der Waals surface area (Å²) >= 11 is 3.89. The number of thiol groups is 1. The first-order valence-electron chi connectivity index (χ1n) is 12.8. The fourth-order valence-electron chi connectivity index (χ4n) is 3.95. The van der Waals surface area contributed by atoms with Crippen molar-refractivity contribution in [3.05, 3.63) is 36.0 Å². The number of carboxylic acids is 2. The number of guanidine groups is 1. The summed E-state index contributed by atoms with van der Waals surface area (Å²) in [6, 6.07) is 2.50. The van der Waals surface area contributed by atoms with Crippen molar-refractivity contribution in [3.63, 3.8) is 0 Å². The Balaban J connectivity index is 2.18. The van der Waals surface area contributed by atoms with Crippen LogP contribution in [0.2, 0.25) is 0 Å². The molecule has 0 saturated carbocycles. The molecule has 224 valence electrons. The van der Waals surface area contributed by atoms with Crippen LogP contribution in [0.15, 0.2) is 35.5 Å². The molecule has 2 rings (SSSR count). The van der Waals surface area contributed by atoms with Gasteiger partial charge in [-0.3, -0.25) is 24.2 Å². The Hall–Kier alpha value is -4.31. The molecule has 0 radical (unpaired) electrons. The molecule has 2 aromatic rings. The second-order valence-corrected chi connectivity index (χ2v) is 9.62. The molecular formula is C25H36N8O7S. The largest absolute Gasteiger partial charge is 0.481 e. The van der Waals surface area contributed by atoms with Crippen molar-refractivity contribution >= 4 is 59.2 Å². The number of nitrogens with zero attached hydrogens (tertiary/aromatic N) is 1. The predicted molar refractivity (Wildman–Crippen MR) is 154 cm³/mol. The van der Waals surface area contributed by atoms with E-state index in [4.69, 9.17) is 22.3 Å². The molecule has 41 heavy (non-hydrogen) atoms. The number of aromatic nitrogens is 1. The molecule has 3 amide bonds. The van der Waals surface area contributed by atoms with E-state index in [-0.39, 0.29) is 43.9 Å². The third-order valence-electron chi connectivity index (χ3n) is 6.11. The number of nitrogens with one attached hydrogen (secondary N) is 4. The number of aliphatic imine (C=N–C) groups is 1. The second-order valence-electron chi connectivity index (χ2n) is 9.26. The molecule has 0 aliphatic heterocycles. The number of H-pyrrole nitrogens is 1. The van der Waals surface area contributed by atoms with Gasteiger partial charge in [0.15, 0.2) is 5.96 Å². The molecule has 0 fully saturated rings. The third kappa shape index (κ3) is 10.6. The zero-order valence-corrected chi connectivity index (χ0v) is 23.1. The minimum atomic E-state index is -1.41. The normalized spacial score (nSPS) is 13.8. The Labute approximate surface area is 241 Å². The fourth-order valence-corrected chi connectivity index (χ4v) is 4.20. The van der Waals surface area contributed by atoms with Gasteiger partial charge < -0.3 is 48.3 Å². The lowest BCUT2D eigenvalue weighted by atomic mass is 10.0. The molecule has 0 aliphatic rings. The van der Waals surface area contributed by atoms with E-state index in [1.807, 2.05) is 24.3 Å². The summed E-state index contributed by atoms with van der Waals surface area (Å²) < 4.78 is 0. The number of fused-ring (bicyclic) bond motifs is 1. The van der Waals surface area contributed by atoms with Crippen LogP contribution >= 0.6 is 12.6 Å². The minimum absolute atomic E-state index is 0.0514. The van der Waals surface area contributed by atoms with Crippen molar-refractivity contribution in [2.75, 3.05) is 12.3 Å². The maximum absolute atomic E-state index is 13.3. The molecule has 0 spiro atoms. The molecule has 1 aromatic heterocycles. The topological polar surface area (TPSA) is 268 Å². The summed E-state index contributed by atoms with van der Waals surface area (Å²) in [4.78, 5) is 68.5. The van der Waals surface area contributed by atoms with E-state index in [1.54, 1.807) is 6.20 Å². The van der Waals surface area contributed by atoms with Crippen molar-refractivity contribution in [1.82, 2.24) is 20.9 Å². The van der Waals surface area contributed by atoms with Gasteiger partial charge in [0.2, 0.25) is 17.7 Å². The molecule has 12 N–H and O–H groups in total. The highest BCUT2D eigenvalue weighted by Gasteiger charge is 2.30. The van der Waals surface area contributed by atoms with Crippen LogP contribution in [0, 0.1) is 0 Å². The van der Waals surface area contributed by atoms with Crippen LogP contribution in [0.25, 0.3) is 10.9 Å². The Morgan fingerprint density at radius 1 is 0.927 bits per heavy atom. The van der Waals surface area contributed by atoms with Crippen LogP contribution in [0.3, 0.4) is 0 Å². The van der Waals surface area contributed by atoms with Crippen LogP contribution in [0.4, 0.5) is 0 Å². The van der Waals surface area contributed by atoms with Gasteiger partial charge in [0.25, 0.3) is 0 Å². The molecule has 16 heteroatoms. The zero-order valence-electron chi connectivity index (χ0n) is 22.2. The number of benzene rings is 1. The van der Waals surface area contributed by atoms with Gasteiger partial charge in [0, 0.05) is 35.8 Å². The number of carboxylic acid groups (broad SMARTS) is 2. The zero-order chi connectivity index (χ0) is 30.5. The molecular weight excluding hydrogens is 556 g/mol. The highest BCUT2D eigenvalue weighted by atomic mass is 32.1. The SMILES string of the molecule is NC(N)=NCCCC(NC(=O)C(N)Cc1c[nH]c2ccccc12)C(=O)NC(CCC(=O)O)C(=O)NC(CS)C(=O)O. The van der Waals surface area contributed by atoms with Crippen LogP contribution in [0.1, 0.15) is 31.2 Å². The number of carbonyl (C=O) groups is 5. The van der Waals surface area contributed by atoms with E-state index in [0.29, 0.717) is 0 Å². The lowest BCUT2D eigenvalue weighted by Gasteiger charge is -2.25. The molecule has 4 unspecified atom stereocenters. The van der Waals surface area contributed by atoms with E-state index < -0.39 is 60.2 Å². The van der Waals surface area contributed by atoms with Gasteiger partial charge in [0.05, 0.1) is 6.04 Å². The number of para-hydroxylation sites is 1. The van der Waals surface area contributed by atoms with Crippen molar-refractivity contribution in [1.29, 1.82) is 0 Å². The number of carbonyl (C=O) groups excluding carboxylic acids is 3. The highest BCUT2D eigenvalue weighted by Crippen LogP contribution is 2.19. The number of amides is 3. The van der Waals surface area contributed by atoms with E-state index in [0.717, 1.165) is 16.5 Å². The van der Waals surface area contributed by atoms with Crippen molar-refractivity contribution in [2.24, 2.45) is 22.2 Å². The average Bonchev–Trinajstić information content (AvgIpc) is 3.32. The van der Waals surface area contributed by atoms with E-state index in [1.165, 1.54) is 0 Å². The molecule has 15 nitrogen and oxygen atoms in total. The monoisotopic (exact) mass is 592 g/mol. The summed E-state index contributed by atoms with van der Waals surface area (Å²) in [6.45, 7) is 0.147. The van der Waals surface area contributed by atoms with Crippen LogP contribution in [-0.2, 0) is 30.4 Å². The van der Waals surface area contributed by atoms with E-state index in [9.17, 15) is 29.1 Å². The third-order valence-corrected chi connectivity index (χ3v) is 6.47. The molecule has 0 aliphatic carbocycles. The summed E-state index contributed by atoms with van der Waals surface area (Å²) in [6.07, 6.45) is 1.41. The predicted octanol–water partition coefficient (Wildman–Crippen LogP) is -1.58. The Kier molecular flexibility index (Phi) is 12.9. The van der Waals surface area contributed by atoms with Gasteiger partial charge in [-0.25, -0.2) is 4.79 Å². The van der Waals surface area contributed by atoms with Gasteiger partial charge in [0.1, 0.15) is 18.1 Å². The van der Waals surface area contributed by atoms with Gasteiger partial charge in [-0.05, 0) is 37.3 Å². The van der Waals surface area contributed by atoms with Crippen molar-refractivity contribution < 1.29 is 34.2 Å². The van der Waals surface area contributed by atoms with Crippen LogP contribution in [0.5, 0.6) is 0 Å². The maximum atomic E-state index is 13.3. The fraction of sp³-hybridized carbons (Fsp3) is 0.440. The summed E-state index contributed by atoms with van der Waals surface area (Å²) in [5.41, 5.74) is 18.5. The Bertz CT molecular complexity index is 1260. The Morgan fingerprint density at radius 3 is 2.15 bits per heavy atom. The number of aromatic amines is 1. The van der Waals surface area contributed by atoms with Gasteiger partial charge in [-0.1, -0.05) is 18.2 Å². The lowest BCUT2D eigenvalue weighted by Crippen LogP contribution is -2.57. The van der Waals surface area contributed by atoms with E-state index >= 15 is 0 Å². The highest BCUT2D eigenvalue weighted by molar-refractivity contribution is 7.80. The standard InChI is InChI=1S/C25H36N8O7S/c26-15(10-13-11-30-16-5-2-1-4-14(13)16)21(36)31-17(6-3-9-29-25(27)28)22(37)32-18(7-8-20(34)35)23(38)33-19(12-41)24(39)40/h1-2,4-5,11,15,17-19,30,41H,3,6-10,12,26H2,(H,31,36)(H,32,37)(H,33,38)(H,34,35)(H,39,40)(H4,27,28,29). The summed E-state index contributed by atoms with van der Waals surface area (Å²) in [5.74, 6) is -5.33. The number of hydrogen-bond donors (Lipinski definition) is 10. The Morgan fingerprint density at radius 2 is 1.54 bits per heavy atom. The van der Waals surface area contributed by atoms with Crippen LogP contribution in [-0.4, -0.2) is 87.3 Å². The average molecular weight is 593 g/mol. The smallest absolute Gasteiger partial charge is 0.327 e. The molecule has 0 bridgehead atoms. The number of rotatable bonds is 17. The van der Waals surface area contributed by atoms with Crippen LogP contribution < -0.4 is 33.2 Å². The summed E-state index contributed by atoms with van der Waals surface area (Å²) in [5, 5.41) is 26.4. The molecule has 1 aromatic carbocycles. The number of aliphatic carboxylic acids is 2. The minimum Gasteiger partial charge on any atom is -0.481 e. The first kappa shape index (κ1) is 32.9. The quantitative estimate of drug-likeness (QED) is 0.0436. The number of nitrogens with two attached hydrogens (primary N) is 3. The van der Waals surface area contributed by atoms with E-state index in [2.05, 4.69) is 38.6 Å². The molecule has 0 saturated heterocycles. The second kappa shape index (κ2) is 16.1. The maximum Gasteiger partial charge on any atom is 0.327 e.